The Labute approximate surface area is 290 Å². The number of unbranched alkanes of at least 4 members (excludes halogenated alkanes) is 3. The molecule has 5 amide bonds. The van der Waals surface area contributed by atoms with E-state index in [0.29, 0.717) is 47.1 Å². The maximum atomic E-state index is 13.2. The summed E-state index contributed by atoms with van der Waals surface area (Å²) >= 11 is 8.52. The van der Waals surface area contributed by atoms with E-state index in [4.69, 9.17) is 9.72 Å². The van der Waals surface area contributed by atoms with Crippen molar-refractivity contribution >= 4 is 83.6 Å². The van der Waals surface area contributed by atoms with E-state index in [0.717, 1.165) is 48.8 Å². The van der Waals surface area contributed by atoms with E-state index < -0.39 is 29.7 Å². The molecule has 3 N–H and O–H groups in total. The normalized spacial score (nSPS) is 18.0. The fourth-order valence-corrected chi connectivity index (χ4v) is 7.99. The van der Waals surface area contributed by atoms with E-state index in [1.165, 1.54) is 11.3 Å². The van der Waals surface area contributed by atoms with Crippen LogP contribution in [0.15, 0.2) is 32.9 Å². The first kappa shape index (κ1) is 33.2. The van der Waals surface area contributed by atoms with Crippen LogP contribution in [0.2, 0.25) is 0 Å². The fourth-order valence-electron chi connectivity index (χ4n) is 5.75. The number of nitrogens with one attached hydrogen (secondary N) is 3. The van der Waals surface area contributed by atoms with Gasteiger partial charge in [0.25, 0.3) is 17.7 Å². The fraction of sp³-hybridized carbons (Fsp3) is 0.433. The van der Waals surface area contributed by atoms with Crippen molar-refractivity contribution in [3.05, 3.63) is 49.7 Å². The number of benzene rings is 1. The number of fused-ring (bicyclic) bond motifs is 1. The lowest BCUT2D eigenvalue weighted by Crippen LogP contribution is -2.54. The molecule has 3 aliphatic rings. The Hall–Kier alpha value is -3.67. The molecule has 1 unspecified atom stereocenters. The standard InChI is InChI=1S/C30H32Br2N8O6S/c31-24-23(37-29(32)40(24)20-16-47-30(35-20)38-12-14-46-15-13-38)26(43)34-11-4-2-1-3-10-33-18-7-5-6-17-22(18)28(45)39(27(17)44)19-8-9-21(41)36-25(19)42/h5-7,16,19,33H,1-4,8-15H2,(H,34,43)(H,36,41,42). The number of piperidine rings is 1. The molecule has 6 rings (SSSR count). The van der Waals surface area contributed by atoms with Crippen LogP contribution in [0.3, 0.4) is 0 Å². The minimum atomic E-state index is -1.00. The predicted molar refractivity (Wildman–Crippen MR) is 180 cm³/mol. The van der Waals surface area contributed by atoms with Crippen molar-refractivity contribution in [3.63, 3.8) is 0 Å². The molecule has 1 aromatic carbocycles. The minimum absolute atomic E-state index is 0.0718. The summed E-state index contributed by atoms with van der Waals surface area (Å²) in [6, 6.07) is 4.01. The Balaban J connectivity index is 0.941. The number of anilines is 2. The van der Waals surface area contributed by atoms with E-state index >= 15 is 0 Å². The second-order valence-electron chi connectivity index (χ2n) is 11.2. The predicted octanol–water partition coefficient (Wildman–Crippen LogP) is 3.49. The lowest BCUT2D eigenvalue weighted by atomic mass is 10.0. The molecule has 3 aromatic rings. The van der Waals surface area contributed by atoms with Gasteiger partial charge in [0.05, 0.1) is 24.3 Å². The lowest BCUT2D eigenvalue weighted by molar-refractivity contribution is -0.136. The minimum Gasteiger partial charge on any atom is -0.384 e. The van der Waals surface area contributed by atoms with Crippen LogP contribution >= 0.6 is 43.2 Å². The van der Waals surface area contributed by atoms with Gasteiger partial charge in [0.2, 0.25) is 11.8 Å². The van der Waals surface area contributed by atoms with Crippen molar-refractivity contribution in [3.8, 4) is 5.82 Å². The molecule has 47 heavy (non-hydrogen) atoms. The monoisotopic (exact) mass is 790 g/mol. The Morgan fingerprint density at radius 1 is 1.02 bits per heavy atom. The average Bonchev–Trinajstić information content (AvgIpc) is 3.73. The van der Waals surface area contributed by atoms with E-state index in [2.05, 4.69) is 57.7 Å². The summed E-state index contributed by atoms with van der Waals surface area (Å²) in [5, 5.41) is 11.2. The molecule has 17 heteroatoms. The largest absolute Gasteiger partial charge is 0.384 e. The summed E-state index contributed by atoms with van der Waals surface area (Å²) in [5.74, 6) is -1.73. The van der Waals surface area contributed by atoms with Gasteiger partial charge in [-0.15, -0.1) is 11.3 Å². The zero-order chi connectivity index (χ0) is 33.1. The topological polar surface area (TPSA) is 168 Å². The van der Waals surface area contributed by atoms with Gasteiger partial charge in [0.1, 0.15) is 10.6 Å². The molecule has 5 heterocycles. The SMILES string of the molecule is O=C1CCC(N2C(=O)c3cccc(NCCCCCCNC(=O)c4nc(Br)n(-c5csc(N6CCOCC6)n5)c4Br)c3C2=O)C(=O)N1. The van der Waals surface area contributed by atoms with Crippen LogP contribution in [0, 0.1) is 0 Å². The second-order valence-corrected chi connectivity index (χ2v) is 13.5. The first-order valence-electron chi connectivity index (χ1n) is 15.3. The number of halogens is 2. The van der Waals surface area contributed by atoms with E-state index in [-0.39, 0.29) is 35.6 Å². The molecule has 3 aliphatic heterocycles. The number of carbonyl (C=O) groups excluding carboxylic acids is 5. The highest BCUT2D eigenvalue weighted by Gasteiger charge is 2.45. The van der Waals surface area contributed by atoms with E-state index in [1.807, 2.05) is 5.38 Å². The van der Waals surface area contributed by atoms with Gasteiger partial charge >= 0.3 is 0 Å². The van der Waals surface area contributed by atoms with Crippen molar-refractivity contribution in [2.24, 2.45) is 0 Å². The molecule has 0 spiro atoms. The second kappa shape index (κ2) is 14.6. The van der Waals surface area contributed by atoms with Crippen molar-refractivity contribution in [2.75, 3.05) is 49.6 Å². The molecule has 0 radical (unpaired) electrons. The van der Waals surface area contributed by atoms with Gasteiger partial charge in [-0.2, -0.15) is 0 Å². The highest BCUT2D eigenvalue weighted by Crippen LogP contribution is 2.33. The van der Waals surface area contributed by atoms with Crippen LogP contribution in [-0.2, 0) is 14.3 Å². The van der Waals surface area contributed by atoms with Crippen LogP contribution in [-0.4, -0.2) is 94.4 Å². The Morgan fingerprint density at radius 3 is 2.55 bits per heavy atom. The number of morpholine rings is 1. The smallest absolute Gasteiger partial charge is 0.272 e. The third-order valence-electron chi connectivity index (χ3n) is 8.16. The third kappa shape index (κ3) is 6.98. The number of carbonyl (C=O) groups is 5. The number of hydrogen-bond acceptors (Lipinski definition) is 11. The molecule has 0 saturated carbocycles. The molecule has 0 aliphatic carbocycles. The molecular formula is C30H32Br2N8O6S. The van der Waals surface area contributed by atoms with Gasteiger partial charge in [-0.05, 0) is 63.3 Å². The number of nitrogens with zero attached hydrogens (tertiary/aromatic N) is 5. The maximum absolute atomic E-state index is 13.2. The number of hydrogen-bond donors (Lipinski definition) is 3. The van der Waals surface area contributed by atoms with Crippen LogP contribution in [0.25, 0.3) is 5.82 Å². The van der Waals surface area contributed by atoms with Gasteiger partial charge in [-0.1, -0.05) is 18.9 Å². The Kier molecular flexibility index (Phi) is 10.3. The number of thiazole rings is 1. The van der Waals surface area contributed by atoms with Crippen LogP contribution in [0.1, 0.15) is 69.7 Å². The van der Waals surface area contributed by atoms with E-state index in [1.54, 1.807) is 22.8 Å². The lowest BCUT2D eigenvalue weighted by Gasteiger charge is -2.27. The Morgan fingerprint density at radius 2 is 1.79 bits per heavy atom. The third-order valence-corrected chi connectivity index (χ3v) is 10.3. The number of imidazole rings is 1. The first-order chi connectivity index (χ1) is 22.7. The molecule has 2 saturated heterocycles. The molecule has 14 nitrogen and oxygen atoms in total. The van der Waals surface area contributed by atoms with Crippen LogP contribution in [0.4, 0.5) is 10.8 Å². The summed E-state index contributed by atoms with van der Waals surface area (Å²) in [4.78, 5) is 75.4. The summed E-state index contributed by atoms with van der Waals surface area (Å²) < 4.78 is 8.16. The van der Waals surface area contributed by atoms with E-state index in [9.17, 15) is 24.0 Å². The van der Waals surface area contributed by atoms with Gasteiger partial charge in [-0.25, -0.2) is 9.97 Å². The summed E-state index contributed by atoms with van der Waals surface area (Å²) in [7, 11) is 0. The number of amides is 5. The van der Waals surface area contributed by atoms with Crippen LogP contribution < -0.4 is 20.9 Å². The van der Waals surface area contributed by atoms with Crippen LogP contribution in [0.5, 0.6) is 0 Å². The summed E-state index contributed by atoms with van der Waals surface area (Å²) in [6.45, 7) is 3.97. The van der Waals surface area contributed by atoms with Gasteiger partial charge in [0, 0.05) is 43.7 Å². The molecular weight excluding hydrogens is 760 g/mol. The summed E-state index contributed by atoms with van der Waals surface area (Å²) in [6.07, 6.45) is 3.52. The molecule has 248 valence electrons. The highest BCUT2D eigenvalue weighted by atomic mass is 79.9. The number of aromatic nitrogens is 3. The van der Waals surface area contributed by atoms with Crippen molar-refractivity contribution in [1.29, 1.82) is 0 Å². The quantitative estimate of drug-likeness (QED) is 0.183. The van der Waals surface area contributed by atoms with Gasteiger partial charge in [-0.3, -0.25) is 38.8 Å². The highest BCUT2D eigenvalue weighted by molar-refractivity contribution is 9.11. The number of ether oxygens (including phenoxy) is 1. The number of rotatable bonds is 12. The summed E-state index contributed by atoms with van der Waals surface area (Å²) in [5.41, 5.74) is 1.29. The number of imide groups is 2. The van der Waals surface area contributed by atoms with Crippen molar-refractivity contribution < 1.29 is 28.7 Å². The molecule has 2 fully saturated rings. The maximum Gasteiger partial charge on any atom is 0.272 e. The first-order valence-corrected chi connectivity index (χ1v) is 17.8. The molecule has 2 aromatic heterocycles. The molecule has 1 atom stereocenters. The van der Waals surface area contributed by atoms with Crippen molar-refractivity contribution in [1.82, 2.24) is 30.1 Å². The zero-order valence-electron chi connectivity index (χ0n) is 25.2. The average molecular weight is 793 g/mol. The van der Waals surface area contributed by atoms with Gasteiger partial charge < -0.3 is 20.3 Å². The molecule has 0 bridgehead atoms. The Bertz CT molecular complexity index is 1720. The van der Waals surface area contributed by atoms with Crippen molar-refractivity contribution in [2.45, 2.75) is 44.6 Å². The van der Waals surface area contributed by atoms with Gasteiger partial charge in [0.15, 0.2) is 21.4 Å². The zero-order valence-corrected chi connectivity index (χ0v) is 29.2.